The summed E-state index contributed by atoms with van der Waals surface area (Å²) in [4.78, 5) is 11.0. The van der Waals surface area contributed by atoms with Crippen LogP contribution in [-0.2, 0) is 0 Å². The summed E-state index contributed by atoms with van der Waals surface area (Å²) in [6.07, 6.45) is 0. The molecule has 0 aliphatic heterocycles. The maximum absolute atomic E-state index is 11.5. The van der Waals surface area contributed by atoms with Crippen molar-refractivity contribution in [2.45, 2.75) is 0 Å². The molecule has 0 aliphatic carbocycles. The van der Waals surface area contributed by atoms with Crippen molar-refractivity contribution in [2.75, 3.05) is 0 Å². The largest absolute Gasteiger partial charge is 0.442 e. The van der Waals surface area contributed by atoms with E-state index in [-0.39, 0.29) is 5.88 Å². The number of rotatable bonds is 2. The van der Waals surface area contributed by atoms with Crippen molar-refractivity contribution >= 4 is 43.6 Å². The van der Waals surface area contributed by atoms with Crippen molar-refractivity contribution < 1.29 is 9.34 Å². The van der Waals surface area contributed by atoms with Crippen molar-refractivity contribution in [3.05, 3.63) is 75.3 Å². The monoisotopic (exact) mass is 367 g/mol. The van der Waals surface area contributed by atoms with Crippen molar-refractivity contribution in [1.29, 1.82) is 0 Å². The first kappa shape index (κ1) is 14.0. The lowest BCUT2D eigenvalue weighted by Crippen LogP contribution is -1.88. The highest BCUT2D eigenvalue weighted by molar-refractivity contribution is 9.10. The standard InChI is InChI=1S/C18H10BrNO3/c19-13-8-5-12(6-9-13)16-15-10-7-11-3-1-2-4-14(11)17(15)23-18(16)20(21)22/h1-10H. The highest BCUT2D eigenvalue weighted by Gasteiger charge is 2.26. The maximum atomic E-state index is 11.5. The quantitative estimate of drug-likeness (QED) is 0.326. The topological polar surface area (TPSA) is 56.3 Å². The summed E-state index contributed by atoms with van der Waals surface area (Å²) in [5, 5.41) is 14.1. The molecule has 0 fully saturated rings. The van der Waals surface area contributed by atoms with Gasteiger partial charge in [-0.05, 0) is 29.1 Å². The smallest absolute Gasteiger partial charge is 0.400 e. The van der Waals surface area contributed by atoms with Crippen LogP contribution in [0.5, 0.6) is 0 Å². The summed E-state index contributed by atoms with van der Waals surface area (Å²) in [5.41, 5.74) is 1.82. The number of hydrogen-bond donors (Lipinski definition) is 0. The van der Waals surface area contributed by atoms with Crippen LogP contribution < -0.4 is 0 Å². The molecule has 5 heteroatoms. The molecule has 0 unspecified atom stereocenters. The van der Waals surface area contributed by atoms with Gasteiger partial charge in [-0.1, -0.05) is 58.4 Å². The molecule has 0 N–H and O–H groups in total. The summed E-state index contributed by atoms with van der Waals surface area (Å²) in [5.74, 6) is -0.223. The molecule has 1 aromatic heterocycles. The average molecular weight is 368 g/mol. The first-order valence-electron chi connectivity index (χ1n) is 7.00. The first-order valence-corrected chi connectivity index (χ1v) is 7.79. The van der Waals surface area contributed by atoms with Gasteiger partial charge in [0.1, 0.15) is 16.1 Å². The highest BCUT2D eigenvalue weighted by Crippen LogP contribution is 2.42. The van der Waals surface area contributed by atoms with Gasteiger partial charge in [-0.2, -0.15) is 0 Å². The van der Waals surface area contributed by atoms with Crippen LogP contribution >= 0.6 is 15.9 Å². The molecule has 3 aromatic carbocycles. The summed E-state index contributed by atoms with van der Waals surface area (Å²) in [6, 6.07) is 18.9. The Labute approximate surface area is 139 Å². The van der Waals surface area contributed by atoms with E-state index in [2.05, 4.69) is 15.9 Å². The van der Waals surface area contributed by atoms with Gasteiger partial charge in [0, 0.05) is 15.2 Å². The summed E-state index contributed by atoms with van der Waals surface area (Å²) in [6.45, 7) is 0. The Balaban J connectivity index is 2.13. The van der Waals surface area contributed by atoms with Crippen LogP contribution in [0.1, 0.15) is 0 Å². The van der Waals surface area contributed by atoms with Crippen LogP contribution in [0.4, 0.5) is 5.88 Å². The van der Waals surface area contributed by atoms with Crippen molar-refractivity contribution in [3.8, 4) is 11.1 Å². The fraction of sp³-hybridized carbons (Fsp3) is 0. The van der Waals surface area contributed by atoms with E-state index in [1.54, 1.807) is 0 Å². The van der Waals surface area contributed by atoms with E-state index in [1.165, 1.54) is 0 Å². The zero-order valence-corrected chi connectivity index (χ0v) is 13.4. The van der Waals surface area contributed by atoms with Gasteiger partial charge in [-0.25, -0.2) is 0 Å². The second kappa shape index (κ2) is 5.21. The predicted octanol–water partition coefficient (Wildman–Crippen LogP) is 5.92. The number of nitro groups is 1. The molecule has 4 aromatic rings. The second-order valence-electron chi connectivity index (χ2n) is 5.21. The third-order valence-electron chi connectivity index (χ3n) is 3.86. The van der Waals surface area contributed by atoms with Gasteiger partial charge in [0.15, 0.2) is 0 Å². The molecule has 0 saturated heterocycles. The van der Waals surface area contributed by atoms with E-state index in [4.69, 9.17) is 4.42 Å². The first-order chi connectivity index (χ1) is 11.1. The lowest BCUT2D eigenvalue weighted by atomic mass is 10.0. The van der Waals surface area contributed by atoms with E-state index in [1.807, 2.05) is 60.7 Å². The highest BCUT2D eigenvalue weighted by atomic mass is 79.9. The van der Waals surface area contributed by atoms with Gasteiger partial charge in [0.05, 0.1) is 0 Å². The molecule has 0 amide bonds. The normalized spacial score (nSPS) is 11.2. The van der Waals surface area contributed by atoms with Crippen LogP contribution in [0, 0.1) is 10.1 Å². The molecule has 4 nitrogen and oxygen atoms in total. The molecule has 0 saturated carbocycles. The van der Waals surface area contributed by atoms with Gasteiger partial charge in [-0.15, -0.1) is 0 Å². The molecule has 0 bridgehead atoms. The zero-order chi connectivity index (χ0) is 16.0. The molecule has 0 spiro atoms. The summed E-state index contributed by atoms with van der Waals surface area (Å²) in [7, 11) is 0. The lowest BCUT2D eigenvalue weighted by Gasteiger charge is -2.00. The Hall–Kier alpha value is -2.66. The molecule has 23 heavy (non-hydrogen) atoms. The van der Waals surface area contributed by atoms with E-state index in [0.29, 0.717) is 11.1 Å². The molecular formula is C18H10BrNO3. The Morgan fingerprint density at radius 1 is 0.913 bits per heavy atom. The summed E-state index contributed by atoms with van der Waals surface area (Å²) < 4.78 is 6.57. The van der Waals surface area contributed by atoms with Crippen molar-refractivity contribution in [2.24, 2.45) is 0 Å². The Kier molecular flexibility index (Phi) is 3.16. The van der Waals surface area contributed by atoms with Gasteiger partial charge >= 0.3 is 5.88 Å². The zero-order valence-electron chi connectivity index (χ0n) is 11.8. The Bertz CT molecular complexity index is 1050. The summed E-state index contributed by atoms with van der Waals surface area (Å²) >= 11 is 3.38. The predicted molar refractivity (Wildman–Crippen MR) is 93.5 cm³/mol. The number of hydrogen-bond acceptors (Lipinski definition) is 3. The minimum absolute atomic E-state index is 0.223. The third-order valence-corrected chi connectivity index (χ3v) is 4.39. The molecule has 0 atom stereocenters. The van der Waals surface area contributed by atoms with E-state index < -0.39 is 4.92 Å². The van der Waals surface area contributed by atoms with Crippen molar-refractivity contribution in [3.63, 3.8) is 0 Å². The number of fused-ring (bicyclic) bond motifs is 3. The molecular weight excluding hydrogens is 358 g/mol. The van der Waals surface area contributed by atoms with E-state index in [9.17, 15) is 10.1 Å². The Morgan fingerprint density at radius 2 is 1.65 bits per heavy atom. The Morgan fingerprint density at radius 3 is 2.39 bits per heavy atom. The fourth-order valence-electron chi connectivity index (χ4n) is 2.84. The van der Waals surface area contributed by atoms with Crippen LogP contribution in [-0.4, -0.2) is 4.92 Å². The minimum atomic E-state index is -0.466. The van der Waals surface area contributed by atoms with Crippen LogP contribution in [0.2, 0.25) is 0 Å². The average Bonchev–Trinajstić information content (AvgIpc) is 2.96. The fourth-order valence-corrected chi connectivity index (χ4v) is 3.10. The second-order valence-corrected chi connectivity index (χ2v) is 6.13. The molecule has 1 heterocycles. The van der Waals surface area contributed by atoms with Crippen LogP contribution in [0.3, 0.4) is 0 Å². The van der Waals surface area contributed by atoms with Crippen molar-refractivity contribution in [1.82, 2.24) is 0 Å². The maximum Gasteiger partial charge on any atom is 0.442 e. The molecule has 112 valence electrons. The SMILES string of the molecule is O=[N+]([O-])c1oc2c(ccc3ccccc32)c1-c1ccc(Br)cc1. The molecule has 0 aliphatic rings. The number of nitrogens with zero attached hydrogens (tertiary/aromatic N) is 1. The number of halogens is 1. The number of furan rings is 1. The van der Waals surface area contributed by atoms with E-state index in [0.717, 1.165) is 26.2 Å². The molecule has 0 radical (unpaired) electrons. The number of benzene rings is 3. The minimum Gasteiger partial charge on any atom is -0.400 e. The van der Waals surface area contributed by atoms with Crippen LogP contribution in [0.25, 0.3) is 32.9 Å². The third kappa shape index (κ3) is 2.21. The molecule has 4 rings (SSSR count). The van der Waals surface area contributed by atoms with E-state index >= 15 is 0 Å². The van der Waals surface area contributed by atoms with Crippen LogP contribution in [0.15, 0.2) is 69.6 Å². The van der Waals surface area contributed by atoms with Gasteiger partial charge in [0.2, 0.25) is 0 Å². The van der Waals surface area contributed by atoms with Gasteiger partial charge < -0.3 is 4.42 Å². The van der Waals surface area contributed by atoms with Gasteiger partial charge in [-0.3, -0.25) is 10.1 Å². The lowest BCUT2D eigenvalue weighted by molar-refractivity contribution is -0.400. The van der Waals surface area contributed by atoms with Gasteiger partial charge in [0.25, 0.3) is 0 Å².